The molecule has 0 saturated heterocycles. The third-order valence-electron chi connectivity index (χ3n) is 30.5. The molecular weight excluding hydrogens is 1830 g/mol. The maximum absolute atomic E-state index is 7.03. The summed E-state index contributed by atoms with van der Waals surface area (Å²) in [6.45, 7) is 6.58. The zero-order valence-electron chi connectivity index (χ0n) is 82.3. The number of anilines is 12. The van der Waals surface area contributed by atoms with Gasteiger partial charge in [-0.3, -0.25) is 0 Å². The monoisotopic (exact) mass is 1920 g/mol. The number of para-hydroxylation sites is 10. The fourth-order valence-electron chi connectivity index (χ4n) is 24.0. The van der Waals surface area contributed by atoms with Crippen LogP contribution < -0.4 is 29.1 Å². The molecule has 2 aliphatic heterocycles. The zero-order chi connectivity index (χ0) is 99.3. The largest absolute Gasteiger partial charge is 0.456 e. The van der Waals surface area contributed by atoms with Crippen LogP contribution in [0.5, 0.6) is 23.0 Å². The molecule has 25 aromatic carbocycles. The second kappa shape index (κ2) is 35.4. The second-order valence-electron chi connectivity index (χ2n) is 39.3. The maximum Gasteiger partial charge on any atom is 0.159 e. The van der Waals surface area contributed by atoms with Crippen molar-refractivity contribution in [3.05, 3.63) is 520 Å². The first-order valence-electron chi connectivity index (χ1n) is 51.2. The zero-order valence-corrected chi connectivity index (χ0v) is 82.3. The first-order chi connectivity index (χ1) is 74.1. The number of ether oxygens (including phenoxy) is 2. The summed E-state index contributed by atoms with van der Waals surface area (Å²) < 4.78 is 34.1. The number of benzene rings is 25. The SMILES string of the molecule is Cc1cc(C)c(N(c2ccccc2)c2ccc3c(c2)Oc2cccc4c2c-3cc2c3ccccc3c(-c3ccc(N(c5ccccc5-c5ccccc5)c5cccc6c5oc5ccccc56)cc3)cc42)c(C)c1.c1ccc(-c2ccccc2N(c2ccc(-c3cc4c5cccc6c5c(cc4c4ccccc34)-c3ccc(N(c4ccccc4)c4cccc5c4oc4ccccc45)cc3O6)cc2)c2cccc3c2oc2ccccc23)cc1. The van der Waals surface area contributed by atoms with Crippen LogP contribution in [0.3, 0.4) is 0 Å². The quantitative estimate of drug-likeness (QED) is 0.0880. The fraction of sp³-hybridized carbons (Fsp3) is 0.0213. The van der Waals surface area contributed by atoms with Gasteiger partial charge in [-0.1, -0.05) is 339 Å². The summed E-state index contributed by atoms with van der Waals surface area (Å²) in [6.07, 6.45) is 0. The molecule has 0 spiro atoms. The Bertz CT molecular complexity index is 10300. The molecule has 0 bridgehead atoms. The Morgan fingerprint density at radius 2 is 0.453 bits per heavy atom. The highest BCUT2D eigenvalue weighted by molar-refractivity contribution is 6.28. The van der Waals surface area contributed by atoms with E-state index in [9.17, 15) is 0 Å². The van der Waals surface area contributed by atoms with Crippen molar-refractivity contribution in [2.45, 2.75) is 20.8 Å². The molecule has 0 aliphatic carbocycles. The number of aryl methyl sites for hydroxylation is 3. The van der Waals surface area contributed by atoms with Gasteiger partial charge in [-0.2, -0.15) is 0 Å². The minimum Gasteiger partial charge on any atom is -0.456 e. The predicted molar refractivity (Wildman–Crippen MR) is 625 cm³/mol. The van der Waals surface area contributed by atoms with Crippen LogP contribution in [-0.4, -0.2) is 0 Å². The Labute approximate surface area is 865 Å². The number of hydrogen-bond donors (Lipinski definition) is 0. The average molecular weight is 1920 g/mol. The van der Waals surface area contributed by atoms with E-state index < -0.39 is 0 Å². The van der Waals surface area contributed by atoms with E-state index in [4.69, 9.17) is 22.7 Å². The molecule has 150 heavy (non-hydrogen) atoms. The maximum atomic E-state index is 7.03. The van der Waals surface area contributed by atoms with Crippen molar-refractivity contribution < 1.29 is 22.7 Å². The van der Waals surface area contributed by atoms with Gasteiger partial charge in [-0.05, 0) is 288 Å². The van der Waals surface area contributed by atoms with E-state index in [0.717, 1.165) is 218 Å². The summed E-state index contributed by atoms with van der Waals surface area (Å²) in [7, 11) is 0. The van der Waals surface area contributed by atoms with Gasteiger partial charge in [0.25, 0.3) is 0 Å². The van der Waals surface area contributed by atoms with Gasteiger partial charge in [0, 0.05) is 106 Å². The van der Waals surface area contributed by atoms with Gasteiger partial charge in [-0.15, -0.1) is 0 Å². The number of furan rings is 3. The van der Waals surface area contributed by atoms with Gasteiger partial charge in [0.05, 0.1) is 39.8 Å². The molecule has 3 aromatic heterocycles. The van der Waals surface area contributed by atoms with Crippen molar-refractivity contribution in [3.8, 4) is 89.8 Å². The predicted octanol–water partition coefficient (Wildman–Crippen LogP) is 41.0. The molecule has 28 aromatic rings. The van der Waals surface area contributed by atoms with E-state index in [1.54, 1.807) is 0 Å². The van der Waals surface area contributed by atoms with E-state index >= 15 is 0 Å². The van der Waals surface area contributed by atoms with Crippen molar-refractivity contribution >= 4 is 199 Å². The van der Waals surface area contributed by atoms with E-state index in [-0.39, 0.29) is 0 Å². The topological polar surface area (TPSA) is 70.8 Å². The van der Waals surface area contributed by atoms with Crippen LogP contribution in [0.1, 0.15) is 16.7 Å². The molecular formula is C141H92N4O5. The Hall–Kier alpha value is -19.7. The molecule has 5 heterocycles. The van der Waals surface area contributed by atoms with E-state index in [2.05, 4.69) is 520 Å². The van der Waals surface area contributed by atoms with Crippen LogP contribution in [0.15, 0.2) is 517 Å². The molecule has 0 fully saturated rings. The lowest BCUT2D eigenvalue weighted by Crippen LogP contribution is -2.13. The minimum absolute atomic E-state index is 0.803. The van der Waals surface area contributed by atoms with E-state index in [0.29, 0.717) is 0 Å². The summed E-state index contributed by atoms with van der Waals surface area (Å²) in [5.74, 6) is 3.35. The van der Waals surface area contributed by atoms with Gasteiger partial charge < -0.3 is 42.3 Å². The van der Waals surface area contributed by atoms with Crippen LogP contribution in [0, 0.1) is 20.8 Å². The lowest BCUT2D eigenvalue weighted by Gasteiger charge is -2.30. The molecule has 0 radical (unpaired) electrons. The summed E-state index contributed by atoms with van der Waals surface area (Å²) in [6, 6.07) is 180. The molecule has 9 nitrogen and oxygen atoms in total. The molecule has 9 heteroatoms. The summed E-state index contributed by atoms with van der Waals surface area (Å²) in [4.78, 5) is 9.35. The molecule has 0 atom stereocenters. The summed E-state index contributed by atoms with van der Waals surface area (Å²) in [5.41, 5.74) is 34.9. The normalized spacial score (nSPS) is 11.9. The minimum atomic E-state index is 0.803. The van der Waals surface area contributed by atoms with Crippen molar-refractivity contribution in [2.75, 3.05) is 19.6 Å². The molecule has 0 saturated carbocycles. The van der Waals surface area contributed by atoms with Crippen LogP contribution in [0.25, 0.3) is 197 Å². The lowest BCUT2D eigenvalue weighted by molar-refractivity contribution is 0.487. The number of rotatable bonds is 16. The second-order valence-corrected chi connectivity index (χ2v) is 39.3. The highest BCUT2D eigenvalue weighted by Gasteiger charge is 2.33. The average Bonchev–Trinajstić information content (AvgIpc) is 0.991. The van der Waals surface area contributed by atoms with Crippen molar-refractivity contribution in [1.82, 2.24) is 0 Å². The Morgan fingerprint density at radius 3 is 0.873 bits per heavy atom. The van der Waals surface area contributed by atoms with Gasteiger partial charge in [0.2, 0.25) is 0 Å². The fourth-order valence-corrected chi connectivity index (χ4v) is 24.0. The Kier molecular flexibility index (Phi) is 20.5. The van der Waals surface area contributed by atoms with Gasteiger partial charge in [-0.25, -0.2) is 0 Å². The number of fused-ring (bicyclic) bond motifs is 21. The Balaban J connectivity index is 0.000000141. The standard InChI is InChI=1S/C72H44N2O3.C69H48N2O2/c1-3-18-45(19-4-1)50-22-9-12-30-63(50)74(65-32-16-29-58-54-26-11-14-34-67(54)77-72(58)65)48-38-36-46(37-39-48)59-43-61-56-27-17-35-68-70(56)62(44-60(61)52-24-8-7-23-51(52)59)55-41-40-49(42-69(55)75-68)73(47-20-5-2-6-21-47)64-31-15-28-57-53-25-10-13-33-66(53)76-71(57)64;1-43-38-44(2)68(45(3)39-43)70(48-20-8-5-9-21-48)50-36-37-55-61-42-59-53-24-11-10-23-52(53)58(41-60(59)56-26-17-31-65(67(56)61)72-66(55)40-50)47-32-34-49(35-33-47)71(62-28-14-12-22-51(62)46-18-6-4-7-19-46)63-29-16-27-57-54-25-13-15-30-64(54)73-69(57)63/h1-44H;4-42H,1-3H3. The van der Waals surface area contributed by atoms with Gasteiger partial charge in [0.15, 0.2) is 16.7 Å². The van der Waals surface area contributed by atoms with Gasteiger partial charge in [0.1, 0.15) is 39.7 Å². The molecule has 2 aliphatic rings. The smallest absolute Gasteiger partial charge is 0.159 e. The van der Waals surface area contributed by atoms with Crippen molar-refractivity contribution in [2.24, 2.45) is 0 Å². The molecule has 0 unspecified atom stereocenters. The van der Waals surface area contributed by atoms with Crippen LogP contribution >= 0.6 is 0 Å². The van der Waals surface area contributed by atoms with E-state index in [1.807, 2.05) is 24.3 Å². The van der Waals surface area contributed by atoms with Crippen LogP contribution in [0.2, 0.25) is 0 Å². The summed E-state index contributed by atoms with van der Waals surface area (Å²) in [5, 5.41) is 20.7. The molecule has 0 amide bonds. The number of hydrogen-bond acceptors (Lipinski definition) is 9. The third-order valence-corrected chi connectivity index (χ3v) is 30.5. The number of nitrogens with zero attached hydrogens (tertiary/aromatic N) is 4. The lowest BCUT2D eigenvalue weighted by atomic mass is 9.86. The van der Waals surface area contributed by atoms with Gasteiger partial charge >= 0.3 is 0 Å². The first-order valence-corrected chi connectivity index (χ1v) is 51.2. The van der Waals surface area contributed by atoms with Crippen LogP contribution in [-0.2, 0) is 0 Å². The first kappa shape index (κ1) is 86.9. The highest BCUT2D eigenvalue weighted by Crippen LogP contribution is 2.58. The highest BCUT2D eigenvalue weighted by atomic mass is 16.5. The van der Waals surface area contributed by atoms with Crippen molar-refractivity contribution in [1.29, 1.82) is 0 Å². The molecule has 706 valence electrons. The van der Waals surface area contributed by atoms with Crippen molar-refractivity contribution in [3.63, 3.8) is 0 Å². The van der Waals surface area contributed by atoms with E-state index in [1.165, 1.54) is 87.5 Å². The summed E-state index contributed by atoms with van der Waals surface area (Å²) >= 11 is 0. The van der Waals surface area contributed by atoms with Crippen LogP contribution in [0.4, 0.5) is 68.2 Å². The molecule has 0 N–H and O–H groups in total. The Morgan fingerprint density at radius 1 is 0.160 bits per heavy atom. The molecule has 30 rings (SSSR count). The third kappa shape index (κ3) is 14.3.